The van der Waals surface area contributed by atoms with Crippen molar-refractivity contribution in [2.45, 2.75) is 0 Å². The van der Waals surface area contributed by atoms with Crippen LogP contribution >= 0.6 is 0 Å². The highest BCUT2D eigenvalue weighted by molar-refractivity contribution is 5.70. The maximum Gasteiger partial charge on any atom is 0.371 e. The van der Waals surface area contributed by atoms with E-state index < -0.39 is 21.2 Å². The standard InChI is InChI=1S/C6H5N3O5/c10-7-4-2-1-3-5(8(11)12)6(4)9(13)14/h1-3,7,10H. The van der Waals surface area contributed by atoms with Crippen LogP contribution in [0.3, 0.4) is 0 Å². The minimum atomic E-state index is -0.934. The van der Waals surface area contributed by atoms with Crippen LogP contribution in [0.25, 0.3) is 0 Å². The SMILES string of the molecule is O=[N+]([O-])c1cccc(NO)c1[N+](=O)[O-]. The van der Waals surface area contributed by atoms with E-state index in [0.717, 1.165) is 12.1 Å². The molecule has 0 saturated carbocycles. The lowest BCUT2D eigenvalue weighted by molar-refractivity contribution is -0.421. The molecule has 14 heavy (non-hydrogen) atoms. The molecule has 0 unspecified atom stereocenters. The Morgan fingerprint density at radius 1 is 1.21 bits per heavy atom. The first-order valence-electron chi connectivity index (χ1n) is 3.40. The quantitative estimate of drug-likeness (QED) is 0.559. The van der Waals surface area contributed by atoms with Gasteiger partial charge in [0.2, 0.25) is 0 Å². The predicted molar refractivity (Wildman–Crippen MR) is 45.2 cm³/mol. The van der Waals surface area contributed by atoms with E-state index in [1.807, 2.05) is 0 Å². The maximum absolute atomic E-state index is 10.5. The molecule has 1 aromatic rings. The molecule has 0 fully saturated rings. The summed E-state index contributed by atoms with van der Waals surface area (Å²) in [4.78, 5) is 19.0. The topological polar surface area (TPSA) is 119 Å². The van der Waals surface area contributed by atoms with Gasteiger partial charge >= 0.3 is 11.4 Å². The second kappa shape index (κ2) is 3.66. The Hall–Kier alpha value is -2.22. The summed E-state index contributed by atoms with van der Waals surface area (Å²) >= 11 is 0. The van der Waals surface area contributed by atoms with E-state index >= 15 is 0 Å². The van der Waals surface area contributed by atoms with Gasteiger partial charge in [0.25, 0.3) is 0 Å². The van der Waals surface area contributed by atoms with Gasteiger partial charge in [0, 0.05) is 6.07 Å². The zero-order valence-electron chi connectivity index (χ0n) is 6.71. The fraction of sp³-hybridized carbons (Fsp3) is 0. The summed E-state index contributed by atoms with van der Waals surface area (Å²) in [6.45, 7) is 0. The lowest BCUT2D eigenvalue weighted by atomic mass is 10.2. The molecular weight excluding hydrogens is 194 g/mol. The Morgan fingerprint density at radius 2 is 1.86 bits per heavy atom. The molecule has 1 aromatic carbocycles. The summed E-state index contributed by atoms with van der Waals surface area (Å²) in [6.07, 6.45) is 0. The number of nitro benzene ring substituents is 2. The van der Waals surface area contributed by atoms with E-state index in [4.69, 9.17) is 5.21 Å². The summed E-state index contributed by atoms with van der Waals surface area (Å²) in [7, 11) is 0. The highest BCUT2D eigenvalue weighted by atomic mass is 16.6. The molecule has 1 rings (SSSR count). The summed E-state index contributed by atoms with van der Waals surface area (Å²) in [6, 6.07) is 3.37. The van der Waals surface area contributed by atoms with Crippen molar-refractivity contribution in [2.75, 3.05) is 5.48 Å². The second-order valence-electron chi connectivity index (χ2n) is 2.30. The van der Waals surface area contributed by atoms with Crippen molar-refractivity contribution >= 4 is 17.1 Å². The van der Waals surface area contributed by atoms with Gasteiger partial charge < -0.3 is 0 Å². The normalized spacial score (nSPS) is 9.50. The molecule has 0 bridgehead atoms. The summed E-state index contributed by atoms with van der Waals surface area (Å²) in [5.41, 5.74) is -0.226. The molecule has 0 saturated heterocycles. The Labute approximate surface area is 77.0 Å². The molecule has 0 radical (unpaired) electrons. The van der Waals surface area contributed by atoms with Crippen LogP contribution in [0.1, 0.15) is 0 Å². The molecule has 0 aliphatic heterocycles. The summed E-state index contributed by atoms with van der Waals surface area (Å²) < 4.78 is 0. The number of para-hydroxylation sites is 1. The van der Waals surface area contributed by atoms with Crippen LogP contribution in [-0.2, 0) is 0 Å². The van der Waals surface area contributed by atoms with Crippen molar-refractivity contribution in [1.82, 2.24) is 0 Å². The average Bonchev–Trinajstić information content (AvgIpc) is 2.16. The Morgan fingerprint density at radius 3 is 2.29 bits per heavy atom. The third-order valence-corrected chi connectivity index (χ3v) is 1.51. The fourth-order valence-electron chi connectivity index (χ4n) is 0.961. The highest BCUT2D eigenvalue weighted by Crippen LogP contribution is 2.33. The van der Waals surface area contributed by atoms with Gasteiger partial charge in [-0.1, -0.05) is 6.07 Å². The van der Waals surface area contributed by atoms with Gasteiger partial charge in [-0.3, -0.25) is 30.9 Å². The molecule has 0 amide bonds. The van der Waals surface area contributed by atoms with Crippen LogP contribution in [0.4, 0.5) is 17.1 Å². The van der Waals surface area contributed by atoms with Crippen LogP contribution < -0.4 is 5.48 Å². The number of hydrogen-bond acceptors (Lipinski definition) is 6. The Bertz CT molecular complexity index is 391. The van der Waals surface area contributed by atoms with E-state index in [2.05, 4.69) is 0 Å². The van der Waals surface area contributed by atoms with Crippen molar-refractivity contribution in [3.05, 3.63) is 38.4 Å². The van der Waals surface area contributed by atoms with Gasteiger partial charge in [-0.15, -0.1) is 0 Å². The molecule has 0 aliphatic carbocycles. The maximum atomic E-state index is 10.5. The van der Waals surface area contributed by atoms with E-state index in [1.165, 1.54) is 11.5 Å². The molecule has 74 valence electrons. The molecule has 8 nitrogen and oxygen atoms in total. The number of benzene rings is 1. The van der Waals surface area contributed by atoms with Crippen molar-refractivity contribution in [1.29, 1.82) is 0 Å². The highest BCUT2D eigenvalue weighted by Gasteiger charge is 2.27. The zero-order valence-corrected chi connectivity index (χ0v) is 6.71. The molecule has 0 heterocycles. The van der Waals surface area contributed by atoms with Crippen molar-refractivity contribution < 1.29 is 15.1 Å². The second-order valence-corrected chi connectivity index (χ2v) is 2.30. The third kappa shape index (κ3) is 1.59. The minimum Gasteiger partial charge on any atom is -0.291 e. The number of nitro groups is 2. The van der Waals surface area contributed by atoms with Crippen LogP contribution in [0, 0.1) is 20.2 Å². The predicted octanol–water partition coefficient (Wildman–Crippen LogP) is 1.30. The lowest BCUT2D eigenvalue weighted by Crippen LogP contribution is -2.01. The first-order valence-corrected chi connectivity index (χ1v) is 3.40. The van der Waals surface area contributed by atoms with Gasteiger partial charge in [0.15, 0.2) is 0 Å². The third-order valence-electron chi connectivity index (χ3n) is 1.51. The Kier molecular flexibility index (Phi) is 2.58. The van der Waals surface area contributed by atoms with Gasteiger partial charge in [0.05, 0.1) is 9.85 Å². The zero-order chi connectivity index (χ0) is 10.7. The van der Waals surface area contributed by atoms with Crippen molar-refractivity contribution in [2.24, 2.45) is 0 Å². The van der Waals surface area contributed by atoms with Crippen LogP contribution in [0.2, 0.25) is 0 Å². The number of anilines is 1. The minimum absolute atomic E-state index is 0.316. The number of nitrogens with one attached hydrogen (secondary N) is 1. The van der Waals surface area contributed by atoms with Gasteiger partial charge in [0.1, 0.15) is 5.69 Å². The molecule has 8 heteroatoms. The summed E-state index contributed by atoms with van der Waals surface area (Å²) in [5, 5.41) is 29.3. The van der Waals surface area contributed by atoms with Crippen LogP contribution in [0.5, 0.6) is 0 Å². The van der Waals surface area contributed by atoms with Crippen molar-refractivity contribution in [3.63, 3.8) is 0 Å². The van der Waals surface area contributed by atoms with Crippen LogP contribution in [0.15, 0.2) is 18.2 Å². The average molecular weight is 199 g/mol. The summed E-state index contributed by atoms with van der Waals surface area (Å²) in [5.74, 6) is 0. The van der Waals surface area contributed by atoms with Gasteiger partial charge in [-0.25, -0.2) is 0 Å². The van der Waals surface area contributed by atoms with E-state index in [0.29, 0.717) is 0 Å². The molecule has 0 atom stereocenters. The molecule has 0 aromatic heterocycles. The van der Waals surface area contributed by atoms with E-state index in [-0.39, 0.29) is 5.69 Å². The fourth-order valence-corrected chi connectivity index (χ4v) is 0.961. The van der Waals surface area contributed by atoms with Gasteiger partial charge in [-0.2, -0.15) is 0 Å². The molecule has 2 N–H and O–H groups in total. The first kappa shape index (κ1) is 9.86. The van der Waals surface area contributed by atoms with E-state index in [1.54, 1.807) is 0 Å². The van der Waals surface area contributed by atoms with E-state index in [9.17, 15) is 20.2 Å². The number of hydrogen-bond donors (Lipinski definition) is 2. The molecule has 0 spiro atoms. The van der Waals surface area contributed by atoms with Crippen molar-refractivity contribution in [3.8, 4) is 0 Å². The Balaban J connectivity index is 3.43. The molecule has 0 aliphatic rings. The van der Waals surface area contributed by atoms with Crippen LogP contribution in [-0.4, -0.2) is 15.1 Å². The monoisotopic (exact) mass is 199 g/mol. The largest absolute Gasteiger partial charge is 0.371 e. The number of nitrogens with zero attached hydrogens (tertiary/aromatic N) is 2. The number of rotatable bonds is 3. The smallest absolute Gasteiger partial charge is 0.291 e. The lowest BCUT2D eigenvalue weighted by Gasteiger charge is -2.00. The van der Waals surface area contributed by atoms with Gasteiger partial charge in [-0.05, 0) is 6.07 Å². The first-order chi connectivity index (χ1) is 6.57. The molecular formula is C6H5N3O5.